The number of hydrogen-bond acceptors (Lipinski definition) is 5. The fourth-order valence-electron chi connectivity index (χ4n) is 4.41. The Morgan fingerprint density at radius 1 is 1.32 bits per heavy atom. The second-order valence-corrected chi connectivity index (χ2v) is 8.41. The summed E-state index contributed by atoms with van der Waals surface area (Å²) in [4.78, 5) is 27.2. The first-order chi connectivity index (χ1) is 13.4. The molecule has 1 saturated carbocycles. The number of carbonyl (C=O) groups is 2. The fourth-order valence-corrected chi connectivity index (χ4v) is 4.41. The summed E-state index contributed by atoms with van der Waals surface area (Å²) < 4.78 is 10.6. The first-order valence-corrected chi connectivity index (χ1v) is 10.6. The van der Waals surface area contributed by atoms with E-state index in [1.807, 2.05) is 17.9 Å². The van der Waals surface area contributed by atoms with Crippen LogP contribution in [0.4, 0.5) is 4.79 Å². The monoisotopic (exact) mass is 391 g/mol. The summed E-state index contributed by atoms with van der Waals surface area (Å²) in [5.74, 6) is 0.870. The van der Waals surface area contributed by atoms with Gasteiger partial charge in [0.1, 0.15) is 11.5 Å². The molecule has 156 valence electrons. The van der Waals surface area contributed by atoms with E-state index in [4.69, 9.17) is 9.26 Å². The highest BCUT2D eigenvalue weighted by Gasteiger charge is 2.40. The largest absolute Gasteiger partial charge is 0.466 e. The van der Waals surface area contributed by atoms with Crippen LogP contribution in [-0.2, 0) is 9.53 Å². The van der Waals surface area contributed by atoms with E-state index in [1.54, 1.807) is 0 Å². The number of likely N-dealkylation sites (tertiary alicyclic amines) is 1. The second-order valence-electron chi connectivity index (χ2n) is 8.41. The van der Waals surface area contributed by atoms with Crippen LogP contribution in [0.15, 0.2) is 10.6 Å². The molecule has 0 unspecified atom stereocenters. The number of ether oxygens (including phenoxy) is 1. The summed E-state index contributed by atoms with van der Waals surface area (Å²) >= 11 is 0. The maximum absolute atomic E-state index is 13.2. The predicted octanol–water partition coefficient (Wildman–Crippen LogP) is 4.30. The number of nitrogens with one attached hydrogen (secondary N) is 1. The molecule has 2 amide bonds. The summed E-state index contributed by atoms with van der Waals surface area (Å²) in [6.45, 7) is 6.98. The number of hydrogen-bond donors (Lipinski definition) is 1. The van der Waals surface area contributed by atoms with Crippen LogP contribution in [0.5, 0.6) is 0 Å². The molecule has 1 atom stereocenters. The standard InChI is InChI=1S/C21H33N3O4/c1-4-27-19(25)14-21(10-6-5-7-11-21)22-20(26)24-12-8-9-17(24)16-13-18(15(2)3)28-23-16/h13,15,17H,4-12,14H2,1-3H3,(H,22,26)/t17-/m1/s1. The van der Waals surface area contributed by atoms with Crippen molar-refractivity contribution < 1.29 is 18.8 Å². The molecule has 7 nitrogen and oxygen atoms in total. The van der Waals surface area contributed by atoms with Crippen LogP contribution in [0.25, 0.3) is 0 Å². The van der Waals surface area contributed by atoms with Gasteiger partial charge in [-0.1, -0.05) is 38.3 Å². The van der Waals surface area contributed by atoms with E-state index >= 15 is 0 Å². The molecule has 1 saturated heterocycles. The molecule has 28 heavy (non-hydrogen) atoms. The van der Waals surface area contributed by atoms with Gasteiger partial charge in [0.25, 0.3) is 0 Å². The minimum atomic E-state index is -0.498. The lowest BCUT2D eigenvalue weighted by atomic mass is 9.79. The van der Waals surface area contributed by atoms with E-state index in [0.29, 0.717) is 13.2 Å². The first-order valence-electron chi connectivity index (χ1n) is 10.6. The van der Waals surface area contributed by atoms with Crippen molar-refractivity contribution in [3.63, 3.8) is 0 Å². The number of esters is 1. The number of amides is 2. The third-order valence-corrected chi connectivity index (χ3v) is 5.94. The SMILES string of the molecule is CCOC(=O)CC1(NC(=O)N2CCC[C@@H]2c2cc(C(C)C)on2)CCCCC1. The number of carbonyl (C=O) groups excluding carboxylic acids is 2. The maximum atomic E-state index is 13.2. The zero-order valence-electron chi connectivity index (χ0n) is 17.3. The Hall–Kier alpha value is -2.05. The molecule has 0 bridgehead atoms. The van der Waals surface area contributed by atoms with Gasteiger partial charge in [0.2, 0.25) is 0 Å². The lowest BCUT2D eigenvalue weighted by Crippen LogP contribution is -2.55. The van der Waals surface area contributed by atoms with Gasteiger partial charge >= 0.3 is 12.0 Å². The minimum Gasteiger partial charge on any atom is -0.466 e. The Bertz CT molecular complexity index is 679. The van der Waals surface area contributed by atoms with Crippen LogP contribution in [-0.4, -0.2) is 40.7 Å². The highest BCUT2D eigenvalue weighted by atomic mass is 16.5. The summed E-state index contributed by atoms with van der Waals surface area (Å²) in [7, 11) is 0. The van der Waals surface area contributed by atoms with Gasteiger partial charge in [0, 0.05) is 18.5 Å². The van der Waals surface area contributed by atoms with Crippen LogP contribution in [0.3, 0.4) is 0 Å². The molecule has 1 N–H and O–H groups in total. The number of nitrogens with zero attached hydrogens (tertiary/aromatic N) is 2. The molecule has 1 aliphatic heterocycles. The Kier molecular flexibility index (Phi) is 6.62. The van der Waals surface area contributed by atoms with E-state index in [9.17, 15) is 9.59 Å². The van der Waals surface area contributed by atoms with Gasteiger partial charge in [-0.15, -0.1) is 0 Å². The van der Waals surface area contributed by atoms with Crippen LogP contribution in [0, 0.1) is 0 Å². The summed E-state index contributed by atoms with van der Waals surface area (Å²) in [6.07, 6.45) is 6.87. The Balaban J connectivity index is 1.71. The molecule has 0 aromatic carbocycles. The molecule has 0 radical (unpaired) electrons. The summed E-state index contributed by atoms with van der Waals surface area (Å²) in [5.41, 5.74) is 0.321. The van der Waals surface area contributed by atoms with Crippen molar-refractivity contribution in [1.82, 2.24) is 15.4 Å². The number of rotatable bonds is 6. The molecular formula is C21H33N3O4. The lowest BCUT2D eigenvalue weighted by Gasteiger charge is -2.39. The van der Waals surface area contributed by atoms with E-state index in [1.165, 1.54) is 0 Å². The Morgan fingerprint density at radius 2 is 2.07 bits per heavy atom. The summed E-state index contributed by atoms with van der Waals surface area (Å²) in [5, 5.41) is 7.44. The zero-order valence-corrected chi connectivity index (χ0v) is 17.3. The molecule has 2 fully saturated rings. The van der Waals surface area contributed by atoms with Crippen molar-refractivity contribution in [2.45, 2.75) is 89.6 Å². The number of urea groups is 1. The highest BCUT2D eigenvalue weighted by Crippen LogP contribution is 2.35. The fraction of sp³-hybridized carbons (Fsp3) is 0.762. The minimum absolute atomic E-state index is 0.0699. The Labute approximate surface area is 167 Å². The normalized spacial score (nSPS) is 21.7. The quantitative estimate of drug-likeness (QED) is 0.731. The van der Waals surface area contributed by atoms with Gasteiger partial charge < -0.3 is 19.5 Å². The second kappa shape index (κ2) is 8.97. The number of aromatic nitrogens is 1. The summed E-state index contributed by atoms with van der Waals surface area (Å²) in [6, 6.07) is 1.79. The van der Waals surface area contributed by atoms with Crippen molar-refractivity contribution in [1.29, 1.82) is 0 Å². The smallest absolute Gasteiger partial charge is 0.318 e. The molecule has 1 aromatic rings. The van der Waals surface area contributed by atoms with Gasteiger partial charge in [-0.05, 0) is 32.6 Å². The van der Waals surface area contributed by atoms with Crippen molar-refractivity contribution in [2.75, 3.05) is 13.2 Å². The van der Waals surface area contributed by atoms with Crippen molar-refractivity contribution >= 4 is 12.0 Å². The highest BCUT2D eigenvalue weighted by molar-refractivity contribution is 5.78. The molecule has 0 spiro atoms. The molecule has 1 aromatic heterocycles. The average molecular weight is 392 g/mol. The molecule has 1 aliphatic carbocycles. The van der Waals surface area contributed by atoms with Crippen LogP contribution >= 0.6 is 0 Å². The van der Waals surface area contributed by atoms with E-state index in [-0.39, 0.29) is 30.4 Å². The van der Waals surface area contributed by atoms with Gasteiger partial charge in [0.15, 0.2) is 0 Å². The van der Waals surface area contributed by atoms with Gasteiger partial charge in [0.05, 0.1) is 24.6 Å². The topological polar surface area (TPSA) is 84.7 Å². The zero-order chi connectivity index (χ0) is 20.1. The van der Waals surface area contributed by atoms with Gasteiger partial charge in [-0.3, -0.25) is 4.79 Å². The molecule has 2 aliphatic rings. The molecule has 3 rings (SSSR count). The van der Waals surface area contributed by atoms with Gasteiger partial charge in [-0.25, -0.2) is 4.79 Å². The lowest BCUT2D eigenvalue weighted by molar-refractivity contribution is -0.145. The van der Waals surface area contributed by atoms with Crippen LogP contribution in [0.1, 0.15) is 95.6 Å². The molecule has 7 heteroatoms. The van der Waals surface area contributed by atoms with E-state index in [0.717, 1.165) is 56.4 Å². The first kappa shape index (κ1) is 20.7. The van der Waals surface area contributed by atoms with Crippen LogP contribution < -0.4 is 5.32 Å². The maximum Gasteiger partial charge on any atom is 0.318 e. The van der Waals surface area contributed by atoms with Crippen molar-refractivity contribution in [3.8, 4) is 0 Å². The van der Waals surface area contributed by atoms with Crippen LogP contribution in [0.2, 0.25) is 0 Å². The van der Waals surface area contributed by atoms with Crippen molar-refractivity contribution in [3.05, 3.63) is 17.5 Å². The third kappa shape index (κ3) is 4.67. The van der Waals surface area contributed by atoms with E-state index < -0.39 is 5.54 Å². The molecule has 2 heterocycles. The molecular weight excluding hydrogens is 358 g/mol. The Morgan fingerprint density at radius 3 is 2.71 bits per heavy atom. The van der Waals surface area contributed by atoms with Gasteiger partial charge in [-0.2, -0.15) is 0 Å². The predicted molar refractivity (Wildman–Crippen MR) is 105 cm³/mol. The third-order valence-electron chi connectivity index (χ3n) is 5.94. The average Bonchev–Trinajstić information content (AvgIpc) is 3.31. The van der Waals surface area contributed by atoms with Crippen molar-refractivity contribution in [2.24, 2.45) is 0 Å². The van der Waals surface area contributed by atoms with E-state index in [2.05, 4.69) is 24.3 Å².